The van der Waals surface area contributed by atoms with Gasteiger partial charge in [0.05, 0.1) is 17.2 Å². The molecular formula is C12H16ClN3O2. The smallest absolute Gasteiger partial charge is 0.257 e. The van der Waals surface area contributed by atoms with E-state index in [-0.39, 0.29) is 12.5 Å². The molecule has 1 aliphatic rings. The molecule has 1 amide bonds. The molecule has 0 aromatic carbocycles. The van der Waals surface area contributed by atoms with Gasteiger partial charge in [-0.1, -0.05) is 11.6 Å². The van der Waals surface area contributed by atoms with Crippen molar-refractivity contribution in [1.29, 1.82) is 0 Å². The summed E-state index contributed by atoms with van der Waals surface area (Å²) in [5.74, 6) is -0.0725. The normalized spacial score (nSPS) is 16.9. The van der Waals surface area contributed by atoms with Gasteiger partial charge in [-0.2, -0.15) is 0 Å². The summed E-state index contributed by atoms with van der Waals surface area (Å²) in [6, 6.07) is 1.62. The number of hydrogen-bond acceptors (Lipinski definition) is 4. The monoisotopic (exact) mass is 269 g/mol. The molecule has 1 aromatic heterocycles. The maximum Gasteiger partial charge on any atom is 0.257 e. The zero-order chi connectivity index (χ0) is 13.0. The summed E-state index contributed by atoms with van der Waals surface area (Å²) in [6.07, 6.45) is 3.07. The lowest BCUT2D eigenvalue weighted by atomic mass is 10.2. The van der Waals surface area contributed by atoms with Crippen LogP contribution in [0.3, 0.4) is 0 Å². The fraction of sp³-hybridized carbons (Fsp3) is 0.500. The van der Waals surface area contributed by atoms with Crippen LogP contribution >= 0.6 is 11.6 Å². The zero-order valence-corrected chi connectivity index (χ0v) is 10.8. The van der Waals surface area contributed by atoms with Crippen molar-refractivity contribution in [3.63, 3.8) is 0 Å². The number of piperazine rings is 1. The minimum atomic E-state index is -0.0725. The highest BCUT2D eigenvalue weighted by Gasteiger charge is 2.23. The molecule has 1 aromatic rings. The quantitative estimate of drug-likeness (QED) is 0.868. The van der Waals surface area contributed by atoms with Crippen LogP contribution < -0.4 is 0 Å². The van der Waals surface area contributed by atoms with Crippen molar-refractivity contribution in [3.05, 3.63) is 29.0 Å². The van der Waals surface area contributed by atoms with E-state index in [4.69, 9.17) is 16.7 Å². The number of aliphatic hydroxyl groups is 1. The van der Waals surface area contributed by atoms with Crippen LogP contribution in [0.4, 0.5) is 0 Å². The van der Waals surface area contributed by atoms with Crippen LogP contribution in [0.1, 0.15) is 10.4 Å². The third-order valence-electron chi connectivity index (χ3n) is 3.07. The number of aliphatic hydroxyl groups excluding tert-OH is 1. The first kappa shape index (κ1) is 13.3. The first-order valence-electron chi connectivity index (χ1n) is 5.94. The van der Waals surface area contributed by atoms with Crippen LogP contribution in [0.2, 0.25) is 5.02 Å². The van der Waals surface area contributed by atoms with E-state index < -0.39 is 0 Å². The first-order chi connectivity index (χ1) is 8.72. The Balaban J connectivity index is 1.98. The Morgan fingerprint density at radius 3 is 2.72 bits per heavy atom. The van der Waals surface area contributed by atoms with Crippen LogP contribution in [-0.4, -0.2) is 65.1 Å². The summed E-state index contributed by atoms with van der Waals surface area (Å²) < 4.78 is 0. The maximum absolute atomic E-state index is 12.2. The van der Waals surface area contributed by atoms with Crippen LogP contribution in [0.5, 0.6) is 0 Å². The number of pyridine rings is 1. The lowest BCUT2D eigenvalue weighted by Gasteiger charge is -2.34. The SMILES string of the molecule is O=C(c1cnccc1Cl)N1CCN(CCO)CC1. The molecule has 5 nitrogen and oxygen atoms in total. The summed E-state index contributed by atoms with van der Waals surface area (Å²) in [5, 5.41) is 9.30. The number of β-amino-alcohol motifs (C(OH)–C–C–N with tert-alkyl or cyclic N) is 1. The van der Waals surface area contributed by atoms with Crippen molar-refractivity contribution in [2.75, 3.05) is 39.3 Å². The Labute approximate surface area is 111 Å². The van der Waals surface area contributed by atoms with Gasteiger partial charge in [0.25, 0.3) is 5.91 Å². The van der Waals surface area contributed by atoms with Crippen molar-refractivity contribution in [2.45, 2.75) is 0 Å². The minimum absolute atomic E-state index is 0.0725. The number of amides is 1. The maximum atomic E-state index is 12.2. The molecule has 1 aliphatic heterocycles. The van der Waals surface area contributed by atoms with Gasteiger partial charge in [0, 0.05) is 45.1 Å². The minimum Gasteiger partial charge on any atom is -0.395 e. The zero-order valence-electron chi connectivity index (χ0n) is 10.0. The molecular weight excluding hydrogens is 254 g/mol. The topological polar surface area (TPSA) is 56.7 Å². The highest BCUT2D eigenvalue weighted by atomic mass is 35.5. The highest BCUT2D eigenvalue weighted by Crippen LogP contribution is 2.16. The second-order valence-corrected chi connectivity index (χ2v) is 4.62. The van der Waals surface area contributed by atoms with Crippen LogP contribution in [0.25, 0.3) is 0 Å². The largest absolute Gasteiger partial charge is 0.395 e. The van der Waals surface area contributed by atoms with Crippen LogP contribution in [-0.2, 0) is 0 Å². The van der Waals surface area contributed by atoms with Gasteiger partial charge in [-0.05, 0) is 6.07 Å². The van der Waals surface area contributed by atoms with Crippen molar-refractivity contribution in [3.8, 4) is 0 Å². The van der Waals surface area contributed by atoms with E-state index in [2.05, 4.69) is 9.88 Å². The van der Waals surface area contributed by atoms with E-state index in [0.29, 0.717) is 30.2 Å². The van der Waals surface area contributed by atoms with Crippen LogP contribution in [0.15, 0.2) is 18.5 Å². The summed E-state index contributed by atoms with van der Waals surface area (Å²) in [5.41, 5.74) is 0.453. The number of nitrogens with zero attached hydrogens (tertiary/aromatic N) is 3. The van der Waals surface area contributed by atoms with Crippen LogP contribution in [0, 0.1) is 0 Å². The third kappa shape index (κ3) is 2.98. The molecule has 0 saturated carbocycles. The van der Waals surface area contributed by atoms with Gasteiger partial charge < -0.3 is 10.0 Å². The molecule has 0 atom stereocenters. The molecule has 0 spiro atoms. The van der Waals surface area contributed by atoms with E-state index in [1.54, 1.807) is 17.2 Å². The van der Waals surface area contributed by atoms with E-state index >= 15 is 0 Å². The van der Waals surface area contributed by atoms with E-state index in [1.165, 1.54) is 6.20 Å². The van der Waals surface area contributed by atoms with Gasteiger partial charge in [0.15, 0.2) is 0 Å². The molecule has 0 aliphatic carbocycles. The molecule has 18 heavy (non-hydrogen) atoms. The first-order valence-corrected chi connectivity index (χ1v) is 6.32. The molecule has 1 N–H and O–H groups in total. The standard InChI is InChI=1S/C12H16ClN3O2/c13-11-1-2-14-9-10(11)12(18)16-5-3-15(4-6-16)7-8-17/h1-2,9,17H,3-8H2. The fourth-order valence-corrected chi connectivity index (χ4v) is 2.21. The fourth-order valence-electron chi connectivity index (χ4n) is 2.02. The number of hydrogen-bond donors (Lipinski definition) is 1. The summed E-state index contributed by atoms with van der Waals surface area (Å²) in [6.45, 7) is 3.69. The molecule has 1 saturated heterocycles. The van der Waals surface area contributed by atoms with Crippen molar-refractivity contribution in [1.82, 2.24) is 14.8 Å². The molecule has 2 rings (SSSR count). The van der Waals surface area contributed by atoms with Gasteiger partial charge in [-0.15, -0.1) is 0 Å². The average molecular weight is 270 g/mol. The molecule has 0 bridgehead atoms. The Bertz CT molecular complexity index is 420. The number of halogens is 1. The molecule has 1 fully saturated rings. The predicted octanol–water partition coefficient (Wildman–Crippen LogP) is 0.485. The lowest BCUT2D eigenvalue weighted by Crippen LogP contribution is -2.49. The summed E-state index contributed by atoms with van der Waals surface area (Å²) >= 11 is 5.99. The van der Waals surface area contributed by atoms with Gasteiger partial charge in [0.2, 0.25) is 0 Å². The second-order valence-electron chi connectivity index (χ2n) is 4.21. The molecule has 6 heteroatoms. The van der Waals surface area contributed by atoms with E-state index in [0.717, 1.165) is 13.1 Å². The van der Waals surface area contributed by atoms with Gasteiger partial charge >= 0.3 is 0 Å². The average Bonchev–Trinajstić information content (AvgIpc) is 2.40. The Morgan fingerprint density at radius 1 is 1.39 bits per heavy atom. The van der Waals surface area contributed by atoms with E-state index in [9.17, 15) is 4.79 Å². The van der Waals surface area contributed by atoms with Crippen molar-refractivity contribution >= 4 is 17.5 Å². The molecule has 0 unspecified atom stereocenters. The number of rotatable bonds is 3. The lowest BCUT2D eigenvalue weighted by molar-refractivity contribution is 0.0615. The predicted molar refractivity (Wildman–Crippen MR) is 68.7 cm³/mol. The number of carbonyl (C=O) groups excluding carboxylic acids is 1. The molecule has 0 radical (unpaired) electrons. The van der Waals surface area contributed by atoms with Gasteiger partial charge in [-0.25, -0.2) is 0 Å². The van der Waals surface area contributed by atoms with Gasteiger partial charge in [-0.3, -0.25) is 14.7 Å². The highest BCUT2D eigenvalue weighted by molar-refractivity contribution is 6.33. The van der Waals surface area contributed by atoms with Crippen molar-refractivity contribution < 1.29 is 9.90 Å². The third-order valence-corrected chi connectivity index (χ3v) is 3.40. The number of aromatic nitrogens is 1. The second kappa shape index (κ2) is 6.13. The van der Waals surface area contributed by atoms with Crippen molar-refractivity contribution in [2.24, 2.45) is 0 Å². The summed E-state index contributed by atoms with van der Waals surface area (Å²) in [7, 11) is 0. The van der Waals surface area contributed by atoms with Gasteiger partial charge in [0.1, 0.15) is 0 Å². The molecule has 98 valence electrons. The Morgan fingerprint density at radius 2 is 2.11 bits per heavy atom. The Hall–Kier alpha value is -1.17. The Kier molecular flexibility index (Phi) is 4.52. The number of carbonyl (C=O) groups is 1. The molecule has 2 heterocycles. The summed E-state index contributed by atoms with van der Waals surface area (Å²) in [4.78, 5) is 20.1. The van der Waals surface area contributed by atoms with E-state index in [1.807, 2.05) is 0 Å².